The number of aliphatic hydroxyl groups is 1. The zero-order valence-electron chi connectivity index (χ0n) is 6.14. The van der Waals surface area contributed by atoms with Crippen LogP contribution in [0.1, 0.15) is 19.5 Å². The summed E-state index contributed by atoms with van der Waals surface area (Å²) in [5, 5.41) is 8.45. The van der Waals surface area contributed by atoms with Crippen LogP contribution >= 0.6 is 12.2 Å². The molecule has 0 atom stereocenters. The summed E-state index contributed by atoms with van der Waals surface area (Å²) >= 11 is 4.68. The van der Waals surface area contributed by atoms with Gasteiger partial charge in [-0.2, -0.15) is 0 Å². The molecule has 3 N–H and O–H groups in total. The van der Waals surface area contributed by atoms with Crippen molar-refractivity contribution in [1.82, 2.24) is 9.97 Å². The molecule has 0 fully saturated rings. The first kappa shape index (κ1) is 9.39. The molecule has 0 aliphatic carbocycles. The number of hydrogen-bond acceptors (Lipinski definition) is 2. The standard InChI is InChI=1S/C4H6N2OS.C2H6/c7-2-3-1-5-4(8)6-3;1-2/h1,7H,2H2,(H2,5,6,8);1-2H3. The van der Waals surface area contributed by atoms with Crippen LogP contribution in [0.5, 0.6) is 0 Å². The lowest BCUT2D eigenvalue weighted by Gasteiger charge is -1.79. The van der Waals surface area contributed by atoms with Crippen molar-refractivity contribution in [2.24, 2.45) is 0 Å². The highest BCUT2D eigenvalue weighted by Crippen LogP contribution is 1.89. The third-order valence-corrected chi connectivity index (χ3v) is 1.04. The topological polar surface area (TPSA) is 51.8 Å². The normalized spacial score (nSPS) is 8.30. The molecule has 0 aliphatic rings. The third kappa shape index (κ3) is 2.80. The average molecular weight is 160 g/mol. The largest absolute Gasteiger partial charge is 0.390 e. The van der Waals surface area contributed by atoms with Crippen molar-refractivity contribution in [2.45, 2.75) is 20.5 Å². The van der Waals surface area contributed by atoms with Crippen LogP contribution in [-0.2, 0) is 6.61 Å². The molecule has 0 radical (unpaired) electrons. The number of rotatable bonds is 1. The molecule has 0 bridgehead atoms. The number of aromatic amines is 2. The first-order valence-electron chi connectivity index (χ1n) is 3.20. The summed E-state index contributed by atoms with van der Waals surface area (Å²) in [5.41, 5.74) is 0.718. The number of hydrogen-bond donors (Lipinski definition) is 3. The number of imidazole rings is 1. The number of nitrogens with one attached hydrogen (secondary N) is 2. The first-order valence-corrected chi connectivity index (χ1v) is 3.61. The van der Waals surface area contributed by atoms with Crippen LogP contribution < -0.4 is 0 Å². The summed E-state index contributed by atoms with van der Waals surface area (Å²) in [5.74, 6) is 0. The van der Waals surface area contributed by atoms with Crippen molar-refractivity contribution in [1.29, 1.82) is 0 Å². The van der Waals surface area contributed by atoms with E-state index in [1.807, 2.05) is 13.8 Å². The van der Waals surface area contributed by atoms with Gasteiger partial charge in [0.1, 0.15) is 0 Å². The molecule has 4 heteroatoms. The summed E-state index contributed by atoms with van der Waals surface area (Å²) in [4.78, 5) is 5.45. The monoisotopic (exact) mass is 160 g/mol. The molecular formula is C6H12N2OS. The molecule has 0 aliphatic heterocycles. The minimum atomic E-state index is 0.00708. The van der Waals surface area contributed by atoms with Gasteiger partial charge in [-0.15, -0.1) is 0 Å². The second kappa shape index (κ2) is 5.20. The Balaban J connectivity index is 0.000000371. The Morgan fingerprint density at radius 3 is 2.40 bits per heavy atom. The zero-order valence-corrected chi connectivity index (χ0v) is 6.96. The van der Waals surface area contributed by atoms with Gasteiger partial charge in [0.05, 0.1) is 12.3 Å². The van der Waals surface area contributed by atoms with Crippen LogP contribution in [0.4, 0.5) is 0 Å². The van der Waals surface area contributed by atoms with E-state index in [2.05, 4.69) is 22.2 Å². The van der Waals surface area contributed by atoms with Crippen molar-refractivity contribution in [3.63, 3.8) is 0 Å². The van der Waals surface area contributed by atoms with E-state index in [1.165, 1.54) is 0 Å². The van der Waals surface area contributed by atoms with E-state index in [0.717, 1.165) is 5.69 Å². The molecule has 0 saturated carbocycles. The van der Waals surface area contributed by atoms with Crippen LogP contribution in [0.2, 0.25) is 0 Å². The molecule has 1 heterocycles. The van der Waals surface area contributed by atoms with E-state index >= 15 is 0 Å². The smallest absolute Gasteiger partial charge is 0.174 e. The maximum absolute atomic E-state index is 8.45. The van der Waals surface area contributed by atoms with Crippen molar-refractivity contribution in [3.05, 3.63) is 16.7 Å². The predicted octanol–water partition coefficient (Wildman–Crippen LogP) is 1.59. The minimum Gasteiger partial charge on any atom is -0.390 e. The first-order chi connectivity index (χ1) is 4.83. The Hall–Kier alpha value is -0.610. The zero-order chi connectivity index (χ0) is 7.98. The van der Waals surface area contributed by atoms with Gasteiger partial charge < -0.3 is 15.1 Å². The lowest BCUT2D eigenvalue weighted by Crippen LogP contribution is -1.78. The molecule has 0 unspecified atom stereocenters. The fourth-order valence-electron chi connectivity index (χ4n) is 0.456. The SMILES string of the molecule is CC.OCc1c[nH]c(=S)[nH]1. The van der Waals surface area contributed by atoms with Gasteiger partial charge in [-0.25, -0.2) is 0 Å². The lowest BCUT2D eigenvalue weighted by atomic mass is 10.5. The third-order valence-electron chi connectivity index (χ3n) is 0.822. The Morgan fingerprint density at radius 1 is 1.60 bits per heavy atom. The highest BCUT2D eigenvalue weighted by molar-refractivity contribution is 7.71. The van der Waals surface area contributed by atoms with Crippen molar-refractivity contribution < 1.29 is 5.11 Å². The van der Waals surface area contributed by atoms with Crippen LogP contribution in [0.25, 0.3) is 0 Å². The summed E-state index contributed by atoms with van der Waals surface area (Å²) < 4.78 is 0.550. The van der Waals surface area contributed by atoms with Crippen molar-refractivity contribution in [2.75, 3.05) is 0 Å². The summed E-state index contributed by atoms with van der Waals surface area (Å²) in [7, 11) is 0. The van der Waals surface area contributed by atoms with E-state index in [1.54, 1.807) is 6.20 Å². The lowest BCUT2D eigenvalue weighted by molar-refractivity contribution is 0.277. The highest BCUT2D eigenvalue weighted by Gasteiger charge is 1.86. The van der Waals surface area contributed by atoms with E-state index in [4.69, 9.17) is 5.11 Å². The number of aliphatic hydroxyl groups excluding tert-OH is 1. The van der Waals surface area contributed by atoms with Gasteiger partial charge in [0, 0.05) is 6.20 Å². The fraction of sp³-hybridized carbons (Fsp3) is 0.500. The second-order valence-corrected chi connectivity index (χ2v) is 1.83. The van der Waals surface area contributed by atoms with E-state index in [0.29, 0.717) is 4.77 Å². The Labute approximate surface area is 65.1 Å². The molecule has 10 heavy (non-hydrogen) atoms. The molecular weight excluding hydrogens is 148 g/mol. The van der Waals surface area contributed by atoms with Gasteiger partial charge in [-0.3, -0.25) is 0 Å². The maximum Gasteiger partial charge on any atom is 0.174 e. The van der Waals surface area contributed by atoms with Crippen LogP contribution in [0.15, 0.2) is 6.20 Å². The van der Waals surface area contributed by atoms with Crippen LogP contribution in [0, 0.1) is 4.77 Å². The molecule has 1 rings (SSSR count). The van der Waals surface area contributed by atoms with Crippen molar-refractivity contribution >= 4 is 12.2 Å². The van der Waals surface area contributed by atoms with E-state index in [9.17, 15) is 0 Å². The van der Waals surface area contributed by atoms with Gasteiger partial charge in [-0.05, 0) is 12.2 Å². The molecule has 58 valence electrons. The fourth-order valence-corrected chi connectivity index (χ4v) is 0.646. The highest BCUT2D eigenvalue weighted by atomic mass is 32.1. The van der Waals surface area contributed by atoms with E-state index < -0.39 is 0 Å². The molecule has 1 aromatic rings. The maximum atomic E-state index is 8.45. The second-order valence-electron chi connectivity index (χ2n) is 1.43. The van der Waals surface area contributed by atoms with Gasteiger partial charge in [0.15, 0.2) is 4.77 Å². The molecule has 1 aromatic heterocycles. The minimum absolute atomic E-state index is 0.00708. The predicted molar refractivity (Wildman–Crippen MR) is 43.2 cm³/mol. The van der Waals surface area contributed by atoms with E-state index in [-0.39, 0.29) is 6.61 Å². The van der Waals surface area contributed by atoms with Gasteiger partial charge in [0.2, 0.25) is 0 Å². The Bertz CT molecular complexity index is 216. The average Bonchev–Trinajstić information content (AvgIpc) is 2.40. The van der Waals surface area contributed by atoms with Gasteiger partial charge >= 0.3 is 0 Å². The quantitative estimate of drug-likeness (QED) is 0.546. The number of H-pyrrole nitrogens is 2. The summed E-state index contributed by atoms with van der Waals surface area (Å²) in [6.45, 7) is 4.01. The molecule has 0 amide bonds. The number of aromatic nitrogens is 2. The molecule has 0 saturated heterocycles. The van der Waals surface area contributed by atoms with Crippen molar-refractivity contribution in [3.8, 4) is 0 Å². The van der Waals surface area contributed by atoms with Gasteiger partial charge in [0.25, 0.3) is 0 Å². The molecule has 0 aromatic carbocycles. The van der Waals surface area contributed by atoms with Gasteiger partial charge in [-0.1, -0.05) is 13.8 Å². The Kier molecular flexibility index (Phi) is 4.88. The molecule has 3 nitrogen and oxygen atoms in total. The van der Waals surface area contributed by atoms with Crippen LogP contribution in [-0.4, -0.2) is 15.1 Å². The Morgan fingerprint density at radius 2 is 2.20 bits per heavy atom. The summed E-state index contributed by atoms with van der Waals surface area (Å²) in [6, 6.07) is 0. The van der Waals surface area contributed by atoms with Crippen LogP contribution in [0.3, 0.4) is 0 Å². The molecule has 0 spiro atoms. The summed E-state index contributed by atoms with van der Waals surface area (Å²) in [6.07, 6.45) is 1.64.